The van der Waals surface area contributed by atoms with Gasteiger partial charge in [-0.05, 0) is 43.2 Å². The van der Waals surface area contributed by atoms with Crippen molar-refractivity contribution >= 4 is 33.4 Å². The van der Waals surface area contributed by atoms with E-state index < -0.39 is 28.4 Å². The molecule has 30 heavy (non-hydrogen) atoms. The van der Waals surface area contributed by atoms with E-state index in [1.165, 1.54) is 29.6 Å². The Bertz CT molecular complexity index is 1050. The van der Waals surface area contributed by atoms with Crippen molar-refractivity contribution in [3.63, 3.8) is 0 Å². The molecular weight excluding hydrogens is 430 g/mol. The number of hydrogen-bond acceptors (Lipinski definition) is 6. The summed E-state index contributed by atoms with van der Waals surface area (Å²) in [4.78, 5) is 24.6. The standard InChI is InChI=1S/C21H22ClNO6S/c1-28-17-7-5-6-15(12-17)19(24)14-29-21(25)16-8-9-18(22)20(13-16)30(26,27)23-10-3-2-4-11-23/h5-9,12-13H,2-4,10-11,14H2,1H3. The lowest BCUT2D eigenvalue weighted by atomic mass is 10.1. The number of ketones is 1. The number of piperidine rings is 1. The maximum Gasteiger partial charge on any atom is 0.338 e. The number of rotatable bonds is 7. The zero-order valence-corrected chi connectivity index (χ0v) is 18.0. The second-order valence-electron chi connectivity index (χ2n) is 6.84. The molecule has 2 aromatic rings. The number of carbonyl (C=O) groups excluding carboxylic acids is 2. The van der Waals surface area contributed by atoms with Crippen LogP contribution in [0.15, 0.2) is 47.4 Å². The summed E-state index contributed by atoms with van der Waals surface area (Å²) in [6.45, 7) is 0.355. The third-order valence-corrected chi connectivity index (χ3v) is 7.21. The van der Waals surface area contributed by atoms with Crippen molar-refractivity contribution in [3.8, 4) is 5.75 Å². The molecule has 0 unspecified atom stereocenters. The van der Waals surface area contributed by atoms with Gasteiger partial charge in [0.1, 0.15) is 10.6 Å². The van der Waals surface area contributed by atoms with E-state index in [-0.39, 0.29) is 15.5 Å². The van der Waals surface area contributed by atoms with Crippen LogP contribution in [0.2, 0.25) is 5.02 Å². The second kappa shape index (κ2) is 9.59. The molecule has 1 saturated heterocycles. The molecule has 1 aliphatic rings. The number of nitrogens with zero attached hydrogens (tertiary/aromatic N) is 1. The van der Waals surface area contributed by atoms with Crippen LogP contribution in [0.25, 0.3) is 0 Å². The molecule has 1 fully saturated rings. The van der Waals surface area contributed by atoms with Gasteiger partial charge in [-0.15, -0.1) is 0 Å². The van der Waals surface area contributed by atoms with Crippen LogP contribution in [0.4, 0.5) is 0 Å². The van der Waals surface area contributed by atoms with E-state index in [9.17, 15) is 18.0 Å². The number of halogens is 1. The quantitative estimate of drug-likeness (QED) is 0.472. The fraction of sp³-hybridized carbons (Fsp3) is 0.333. The highest BCUT2D eigenvalue weighted by molar-refractivity contribution is 7.89. The summed E-state index contributed by atoms with van der Waals surface area (Å²) in [7, 11) is -2.33. The molecule has 0 bridgehead atoms. The van der Waals surface area contributed by atoms with Crippen LogP contribution in [0.1, 0.15) is 40.0 Å². The minimum atomic E-state index is -3.82. The summed E-state index contributed by atoms with van der Waals surface area (Å²) in [5.74, 6) is -0.701. The predicted molar refractivity (Wildman–Crippen MR) is 112 cm³/mol. The minimum absolute atomic E-state index is 0.00780. The van der Waals surface area contributed by atoms with Crippen LogP contribution in [-0.2, 0) is 14.8 Å². The zero-order valence-electron chi connectivity index (χ0n) is 16.5. The van der Waals surface area contributed by atoms with E-state index in [2.05, 4.69) is 0 Å². The molecule has 0 atom stereocenters. The van der Waals surface area contributed by atoms with Gasteiger partial charge in [-0.3, -0.25) is 4.79 Å². The number of esters is 1. The molecule has 7 nitrogen and oxygen atoms in total. The lowest BCUT2D eigenvalue weighted by molar-refractivity contribution is 0.0474. The van der Waals surface area contributed by atoms with Crippen molar-refractivity contribution in [2.75, 3.05) is 26.8 Å². The van der Waals surface area contributed by atoms with Gasteiger partial charge in [0.25, 0.3) is 0 Å². The van der Waals surface area contributed by atoms with Gasteiger partial charge in [-0.1, -0.05) is 30.2 Å². The summed E-state index contributed by atoms with van der Waals surface area (Å²) >= 11 is 6.12. The Balaban J connectivity index is 1.73. The molecule has 160 valence electrons. The molecule has 2 aromatic carbocycles. The van der Waals surface area contributed by atoms with Gasteiger partial charge in [0, 0.05) is 18.7 Å². The number of sulfonamides is 1. The first-order valence-electron chi connectivity index (χ1n) is 9.47. The first-order valence-corrected chi connectivity index (χ1v) is 11.3. The average molecular weight is 452 g/mol. The summed E-state index contributed by atoms with van der Waals surface area (Å²) in [6, 6.07) is 10.4. The largest absolute Gasteiger partial charge is 0.497 e. The second-order valence-corrected chi connectivity index (χ2v) is 9.15. The van der Waals surface area contributed by atoms with Crippen molar-refractivity contribution in [2.24, 2.45) is 0 Å². The van der Waals surface area contributed by atoms with Gasteiger partial charge < -0.3 is 9.47 Å². The van der Waals surface area contributed by atoms with Crippen LogP contribution in [0.5, 0.6) is 5.75 Å². The number of methoxy groups -OCH3 is 1. The SMILES string of the molecule is COc1cccc(C(=O)COC(=O)c2ccc(Cl)c(S(=O)(=O)N3CCCCC3)c2)c1. The number of carbonyl (C=O) groups is 2. The van der Waals surface area contributed by atoms with Crippen LogP contribution in [0.3, 0.4) is 0 Å². The van der Waals surface area contributed by atoms with E-state index in [0.29, 0.717) is 24.4 Å². The molecule has 9 heteroatoms. The first kappa shape index (κ1) is 22.3. The maximum absolute atomic E-state index is 12.9. The van der Waals surface area contributed by atoms with Crippen LogP contribution >= 0.6 is 11.6 Å². The third-order valence-electron chi connectivity index (χ3n) is 4.83. The molecule has 1 heterocycles. The fourth-order valence-corrected chi connectivity index (χ4v) is 5.18. The lowest BCUT2D eigenvalue weighted by Crippen LogP contribution is -2.35. The number of hydrogen-bond donors (Lipinski definition) is 0. The zero-order chi connectivity index (χ0) is 21.7. The van der Waals surface area contributed by atoms with E-state index in [1.807, 2.05) is 0 Å². The van der Waals surface area contributed by atoms with Crippen molar-refractivity contribution in [2.45, 2.75) is 24.2 Å². The summed E-state index contributed by atoms with van der Waals surface area (Å²) in [5, 5.41) is 0.0320. The highest BCUT2D eigenvalue weighted by atomic mass is 35.5. The Hall–Kier alpha value is -2.42. The maximum atomic E-state index is 12.9. The van der Waals surface area contributed by atoms with Crippen LogP contribution in [0, 0.1) is 0 Å². The van der Waals surface area contributed by atoms with Gasteiger partial charge in [0.15, 0.2) is 12.4 Å². The number of Topliss-reactive ketones (excluding diaryl/α,β-unsaturated/α-hetero) is 1. The van der Waals surface area contributed by atoms with Crippen molar-refractivity contribution in [1.29, 1.82) is 0 Å². The van der Waals surface area contributed by atoms with Crippen LogP contribution < -0.4 is 4.74 Å². The predicted octanol–water partition coefficient (Wildman–Crippen LogP) is 3.56. The summed E-state index contributed by atoms with van der Waals surface area (Å²) in [6.07, 6.45) is 2.55. The van der Waals surface area contributed by atoms with E-state index in [4.69, 9.17) is 21.1 Å². The van der Waals surface area contributed by atoms with E-state index in [0.717, 1.165) is 19.3 Å². The smallest absolute Gasteiger partial charge is 0.338 e. The summed E-state index contributed by atoms with van der Waals surface area (Å²) in [5.41, 5.74) is 0.347. The van der Waals surface area contributed by atoms with Crippen LogP contribution in [-0.4, -0.2) is 51.3 Å². The molecule has 0 N–H and O–H groups in total. The normalized spacial score (nSPS) is 14.9. The highest BCUT2D eigenvalue weighted by Gasteiger charge is 2.29. The Labute approximate surface area is 180 Å². The Kier molecular flexibility index (Phi) is 7.12. The number of benzene rings is 2. The van der Waals surface area contributed by atoms with Crippen molar-refractivity contribution < 1.29 is 27.5 Å². The van der Waals surface area contributed by atoms with Gasteiger partial charge in [0.05, 0.1) is 17.7 Å². The van der Waals surface area contributed by atoms with Crippen molar-refractivity contribution in [3.05, 3.63) is 58.6 Å². The third kappa shape index (κ3) is 5.00. The van der Waals surface area contributed by atoms with Gasteiger partial charge >= 0.3 is 5.97 Å². The molecule has 0 aliphatic carbocycles. The fourth-order valence-electron chi connectivity index (χ4n) is 3.17. The Morgan fingerprint density at radius 2 is 1.77 bits per heavy atom. The molecule has 0 radical (unpaired) electrons. The highest BCUT2D eigenvalue weighted by Crippen LogP contribution is 2.28. The first-order chi connectivity index (χ1) is 14.3. The monoisotopic (exact) mass is 451 g/mol. The molecule has 0 aromatic heterocycles. The van der Waals surface area contributed by atoms with Gasteiger partial charge in [-0.25, -0.2) is 13.2 Å². The van der Waals surface area contributed by atoms with E-state index >= 15 is 0 Å². The average Bonchev–Trinajstić information content (AvgIpc) is 2.78. The summed E-state index contributed by atoms with van der Waals surface area (Å²) < 4.78 is 37.4. The van der Waals surface area contributed by atoms with Crippen molar-refractivity contribution in [1.82, 2.24) is 4.31 Å². The molecular formula is C21H22ClNO6S. The molecule has 3 rings (SSSR count). The number of ether oxygens (including phenoxy) is 2. The van der Waals surface area contributed by atoms with Gasteiger partial charge in [0.2, 0.25) is 10.0 Å². The van der Waals surface area contributed by atoms with E-state index in [1.54, 1.807) is 24.3 Å². The topological polar surface area (TPSA) is 90.0 Å². The Morgan fingerprint density at radius 3 is 2.47 bits per heavy atom. The minimum Gasteiger partial charge on any atom is -0.497 e. The molecule has 0 saturated carbocycles. The molecule has 0 spiro atoms. The molecule has 1 aliphatic heterocycles. The Morgan fingerprint density at radius 1 is 1.03 bits per heavy atom. The molecule has 0 amide bonds. The lowest BCUT2D eigenvalue weighted by Gasteiger charge is -2.26. The van der Waals surface area contributed by atoms with Gasteiger partial charge in [-0.2, -0.15) is 4.31 Å².